The third-order valence-electron chi connectivity index (χ3n) is 5.19. The van der Waals surface area contributed by atoms with Crippen LogP contribution < -0.4 is 5.32 Å². The average Bonchev–Trinajstić information content (AvgIpc) is 3.23. The Morgan fingerprint density at radius 3 is 2.89 bits per heavy atom. The van der Waals surface area contributed by atoms with E-state index in [1.54, 1.807) is 13.0 Å². The van der Waals surface area contributed by atoms with Crippen LogP contribution in [0.15, 0.2) is 41.1 Å². The number of amides is 1. The van der Waals surface area contributed by atoms with Crippen molar-refractivity contribution in [3.63, 3.8) is 0 Å². The molecule has 1 unspecified atom stereocenters. The number of nitrogens with one attached hydrogen (secondary N) is 1. The van der Waals surface area contributed by atoms with Crippen molar-refractivity contribution >= 4 is 17.5 Å². The van der Waals surface area contributed by atoms with E-state index in [1.165, 1.54) is 0 Å². The lowest BCUT2D eigenvalue weighted by atomic mass is 9.74. The summed E-state index contributed by atoms with van der Waals surface area (Å²) in [6, 6.07) is 9.31. The molecule has 1 aliphatic carbocycles. The third-order valence-corrected chi connectivity index (χ3v) is 5.56. The predicted octanol–water partition coefficient (Wildman–Crippen LogP) is 4.32. The topological polar surface area (TPSA) is 73.0 Å². The van der Waals surface area contributed by atoms with E-state index in [0.29, 0.717) is 12.2 Å². The molecule has 0 radical (unpaired) electrons. The van der Waals surface area contributed by atoms with Gasteiger partial charge in [-0.3, -0.25) is 9.48 Å². The lowest BCUT2D eigenvalue weighted by molar-refractivity contribution is 0.0881. The summed E-state index contributed by atoms with van der Waals surface area (Å²) < 4.78 is 7.10. The van der Waals surface area contributed by atoms with Crippen LogP contribution in [0, 0.1) is 12.3 Å². The second-order valence-electron chi connectivity index (χ2n) is 8.20. The molecule has 0 saturated carbocycles. The van der Waals surface area contributed by atoms with Crippen molar-refractivity contribution in [2.24, 2.45) is 5.41 Å². The summed E-state index contributed by atoms with van der Waals surface area (Å²) in [5.74, 6) is -0.0287. The van der Waals surface area contributed by atoms with Crippen LogP contribution in [0.25, 0.3) is 0 Å². The van der Waals surface area contributed by atoms with Crippen molar-refractivity contribution in [2.45, 2.75) is 46.2 Å². The molecule has 0 aliphatic heterocycles. The number of aromatic nitrogens is 3. The quantitative estimate of drug-likeness (QED) is 0.710. The fraction of sp³-hybridized carbons (Fsp3) is 0.381. The molecule has 4 rings (SSSR count). The Labute approximate surface area is 168 Å². The van der Waals surface area contributed by atoms with Gasteiger partial charge < -0.3 is 9.84 Å². The van der Waals surface area contributed by atoms with Crippen molar-refractivity contribution in [3.05, 3.63) is 69.8 Å². The maximum atomic E-state index is 12.6. The van der Waals surface area contributed by atoms with E-state index in [9.17, 15) is 4.79 Å². The lowest BCUT2D eigenvalue weighted by Gasteiger charge is -2.35. The van der Waals surface area contributed by atoms with Crippen LogP contribution in [0.4, 0.5) is 0 Å². The molecular formula is C21H23ClN4O2. The van der Waals surface area contributed by atoms with Crippen molar-refractivity contribution in [1.82, 2.24) is 20.3 Å². The molecule has 0 bridgehead atoms. The van der Waals surface area contributed by atoms with E-state index in [2.05, 4.69) is 29.4 Å². The molecule has 1 atom stereocenters. The average molecular weight is 399 g/mol. The van der Waals surface area contributed by atoms with E-state index >= 15 is 0 Å². The number of hydrogen-bond acceptors (Lipinski definition) is 4. The van der Waals surface area contributed by atoms with Gasteiger partial charge in [0.15, 0.2) is 0 Å². The van der Waals surface area contributed by atoms with E-state index in [0.717, 1.165) is 34.7 Å². The maximum Gasteiger partial charge on any atom is 0.290 e. The zero-order valence-electron chi connectivity index (χ0n) is 16.2. The molecule has 1 aliphatic rings. The van der Waals surface area contributed by atoms with Gasteiger partial charge in [-0.15, -0.1) is 0 Å². The molecule has 0 saturated heterocycles. The minimum Gasteiger partial charge on any atom is -0.351 e. The Morgan fingerprint density at radius 2 is 2.18 bits per heavy atom. The number of nitrogens with zero attached hydrogens (tertiary/aromatic N) is 3. The summed E-state index contributed by atoms with van der Waals surface area (Å²) in [6.45, 7) is 6.81. The Bertz CT molecular complexity index is 1020. The first-order valence-corrected chi connectivity index (χ1v) is 9.72. The van der Waals surface area contributed by atoms with Crippen LogP contribution in [0.3, 0.4) is 0 Å². The number of fused-ring (bicyclic) bond motifs is 1. The second kappa shape index (κ2) is 7.09. The van der Waals surface area contributed by atoms with E-state index < -0.39 is 0 Å². The predicted molar refractivity (Wildman–Crippen MR) is 106 cm³/mol. The first-order valence-electron chi connectivity index (χ1n) is 9.34. The van der Waals surface area contributed by atoms with Gasteiger partial charge in [0, 0.05) is 22.3 Å². The number of aryl methyl sites for hydroxylation is 1. The van der Waals surface area contributed by atoms with Gasteiger partial charge >= 0.3 is 0 Å². The van der Waals surface area contributed by atoms with Crippen LogP contribution in [-0.4, -0.2) is 20.8 Å². The Balaban J connectivity index is 1.62. The molecule has 6 nitrogen and oxygen atoms in total. The van der Waals surface area contributed by atoms with Crippen molar-refractivity contribution < 1.29 is 9.32 Å². The summed E-state index contributed by atoms with van der Waals surface area (Å²) in [6.07, 6.45) is 3.58. The summed E-state index contributed by atoms with van der Waals surface area (Å²) in [4.78, 5) is 12.6. The molecule has 1 aromatic carbocycles. The fourth-order valence-electron chi connectivity index (χ4n) is 3.85. The number of halogens is 1. The van der Waals surface area contributed by atoms with Crippen LogP contribution >= 0.6 is 11.6 Å². The number of carbonyl (C=O) groups excluding carboxylic acids is 1. The van der Waals surface area contributed by atoms with Gasteiger partial charge in [0.2, 0.25) is 5.76 Å². The number of benzene rings is 1. The summed E-state index contributed by atoms with van der Waals surface area (Å²) in [5, 5.41) is 12.2. The molecule has 3 aromatic rings. The Hall–Kier alpha value is -2.60. The van der Waals surface area contributed by atoms with E-state index in [1.807, 2.05) is 35.1 Å². The van der Waals surface area contributed by atoms with Gasteiger partial charge in [0.05, 0.1) is 24.5 Å². The second-order valence-corrected chi connectivity index (χ2v) is 8.61. The first kappa shape index (κ1) is 18.7. The summed E-state index contributed by atoms with van der Waals surface area (Å²) in [7, 11) is 0. The van der Waals surface area contributed by atoms with Crippen molar-refractivity contribution in [3.8, 4) is 0 Å². The molecule has 0 fully saturated rings. The normalized spacial score (nSPS) is 17.9. The monoisotopic (exact) mass is 398 g/mol. The van der Waals surface area contributed by atoms with Crippen molar-refractivity contribution in [1.29, 1.82) is 0 Å². The maximum absolute atomic E-state index is 12.6. The molecule has 0 spiro atoms. The van der Waals surface area contributed by atoms with Gasteiger partial charge in [-0.05, 0) is 36.8 Å². The van der Waals surface area contributed by atoms with Gasteiger partial charge in [0.1, 0.15) is 0 Å². The molecule has 2 heterocycles. The van der Waals surface area contributed by atoms with Gasteiger partial charge in [0.25, 0.3) is 5.91 Å². The van der Waals surface area contributed by atoms with Crippen LogP contribution in [0.2, 0.25) is 5.02 Å². The number of carbonyl (C=O) groups is 1. The first-order chi connectivity index (χ1) is 13.3. The highest BCUT2D eigenvalue weighted by Crippen LogP contribution is 2.41. The Kier molecular flexibility index (Phi) is 4.75. The molecule has 2 aromatic heterocycles. The fourth-order valence-corrected chi connectivity index (χ4v) is 4.05. The molecule has 28 heavy (non-hydrogen) atoms. The third kappa shape index (κ3) is 3.69. The highest BCUT2D eigenvalue weighted by molar-refractivity contribution is 6.31. The van der Waals surface area contributed by atoms with Crippen LogP contribution in [-0.2, 0) is 13.0 Å². The SMILES string of the molecule is Cc1cc(C(=O)NC2CC(C)(C)Cc3c2cnn3Cc2ccccc2Cl)on1. The smallest absolute Gasteiger partial charge is 0.290 e. The minimum atomic E-state index is -0.256. The Morgan fingerprint density at radius 1 is 1.39 bits per heavy atom. The van der Waals surface area contributed by atoms with Gasteiger partial charge in [-0.25, -0.2) is 0 Å². The molecule has 1 N–H and O–H groups in total. The van der Waals surface area contributed by atoms with Crippen LogP contribution in [0.1, 0.15) is 59.4 Å². The van der Waals surface area contributed by atoms with E-state index in [-0.39, 0.29) is 23.1 Å². The highest BCUT2D eigenvalue weighted by atomic mass is 35.5. The molecule has 1 amide bonds. The largest absolute Gasteiger partial charge is 0.351 e. The highest BCUT2D eigenvalue weighted by Gasteiger charge is 2.36. The summed E-state index contributed by atoms with van der Waals surface area (Å²) in [5.41, 5.74) is 3.92. The van der Waals surface area contributed by atoms with Gasteiger partial charge in [-0.1, -0.05) is 48.8 Å². The molecular weight excluding hydrogens is 376 g/mol. The van der Waals surface area contributed by atoms with E-state index in [4.69, 9.17) is 16.1 Å². The lowest BCUT2D eigenvalue weighted by Crippen LogP contribution is -2.36. The number of rotatable bonds is 4. The standard InChI is InChI=1S/C21H23ClN4O2/c1-13-8-19(28-25-13)20(27)24-17-9-21(2,3)10-18-15(17)11-23-26(18)12-14-6-4-5-7-16(14)22/h4-8,11,17H,9-10,12H2,1-3H3,(H,24,27). The molecule has 7 heteroatoms. The zero-order valence-corrected chi connectivity index (χ0v) is 17.0. The summed E-state index contributed by atoms with van der Waals surface area (Å²) >= 11 is 6.33. The minimum absolute atomic E-state index is 0.0283. The van der Waals surface area contributed by atoms with Crippen LogP contribution in [0.5, 0.6) is 0 Å². The van der Waals surface area contributed by atoms with Gasteiger partial charge in [-0.2, -0.15) is 5.10 Å². The van der Waals surface area contributed by atoms with Crippen molar-refractivity contribution in [2.75, 3.05) is 0 Å². The molecule has 146 valence electrons. The zero-order chi connectivity index (χ0) is 19.9. The number of hydrogen-bond donors (Lipinski definition) is 1.